The molecule has 2 aromatic rings. The molecular weight excluding hydrogens is 216 g/mol. The minimum absolute atomic E-state index is 0.313. The number of benzene rings is 1. The molecule has 17 heavy (non-hydrogen) atoms. The maximum Gasteiger partial charge on any atom is 0.341 e. The Kier molecular flexibility index (Phi) is 2.06. The van der Waals surface area contributed by atoms with E-state index in [2.05, 4.69) is 10.9 Å². The summed E-state index contributed by atoms with van der Waals surface area (Å²) in [6.45, 7) is 1.92. The number of para-hydroxylation sites is 1. The summed E-state index contributed by atoms with van der Waals surface area (Å²) in [6.07, 6.45) is 3.67. The van der Waals surface area contributed by atoms with E-state index in [1.54, 1.807) is 12.3 Å². The molecule has 0 saturated heterocycles. The minimum Gasteiger partial charge on any atom is -0.422 e. The monoisotopic (exact) mass is 228 g/mol. The standard InChI is InChI=1S/C13H12N2O2/c1-13(6-7-14-15-13)10-8-9-4-2-3-5-11(9)17-12(10)16/h2-8,14-15H,1H3. The lowest BCUT2D eigenvalue weighted by atomic mass is 9.94. The van der Waals surface area contributed by atoms with Crippen LogP contribution in [0.2, 0.25) is 0 Å². The van der Waals surface area contributed by atoms with Crippen molar-refractivity contribution in [3.63, 3.8) is 0 Å². The lowest BCUT2D eigenvalue weighted by Crippen LogP contribution is -2.42. The van der Waals surface area contributed by atoms with Crippen LogP contribution < -0.4 is 16.5 Å². The fraction of sp³-hybridized carbons (Fsp3) is 0.154. The molecule has 86 valence electrons. The molecule has 2 heterocycles. The van der Waals surface area contributed by atoms with Gasteiger partial charge >= 0.3 is 5.63 Å². The van der Waals surface area contributed by atoms with E-state index in [-0.39, 0.29) is 5.63 Å². The summed E-state index contributed by atoms with van der Waals surface area (Å²) < 4.78 is 5.31. The van der Waals surface area contributed by atoms with Crippen LogP contribution in [0.1, 0.15) is 12.5 Å². The van der Waals surface area contributed by atoms with Crippen molar-refractivity contribution in [3.8, 4) is 0 Å². The zero-order valence-corrected chi connectivity index (χ0v) is 9.36. The highest BCUT2D eigenvalue weighted by atomic mass is 16.4. The van der Waals surface area contributed by atoms with Gasteiger partial charge in [0.25, 0.3) is 0 Å². The summed E-state index contributed by atoms with van der Waals surface area (Å²) in [7, 11) is 0. The topological polar surface area (TPSA) is 54.3 Å². The fourth-order valence-corrected chi connectivity index (χ4v) is 2.02. The molecule has 0 radical (unpaired) electrons. The molecular formula is C13H12N2O2. The number of hydrogen-bond donors (Lipinski definition) is 2. The molecule has 1 aliphatic rings. The maximum absolute atomic E-state index is 12.0. The van der Waals surface area contributed by atoms with Crippen molar-refractivity contribution in [2.75, 3.05) is 0 Å². The molecule has 2 N–H and O–H groups in total. The Labute approximate surface area is 97.9 Å². The van der Waals surface area contributed by atoms with Crippen molar-refractivity contribution in [1.82, 2.24) is 10.9 Å². The van der Waals surface area contributed by atoms with Crippen LogP contribution in [0.3, 0.4) is 0 Å². The SMILES string of the molecule is CC1(c2cc3ccccc3oc2=O)C=CNN1. The number of hydrazine groups is 1. The first kappa shape index (κ1) is 10.1. The summed E-state index contributed by atoms with van der Waals surface area (Å²) in [4.78, 5) is 12.0. The van der Waals surface area contributed by atoms with Crippen LogP contribution in [-0.2, 0) is 5.54 Å². The molecule has 0 saturated carbocycles. The number of nitrogens with one attached hydrogen (secondary N) is 2. The van der Waals surface area contributed by atoms with Gasteiger partial charge < -0.3 is 9.84 Å². The van der Waals surface area contributed by atoms with Crippen molar-refractivity contribution in [2.45, 2.75) is 12.5 Å². The van der Waals surface area contributed by atoms with E-state index in [1.807, 2.05) is 37.3 Å². The van der Waals surface area contributed by atoms with Gasteiger partial charge in [-0.3, -0.25) is 0 Å². The highest BCUT2D eigenvalue weighted by Gasteiger charge is 2.30. The van der Waals surface area contributed by atoms with Crippen LogP contribution in [0.25, 0.3) is 11.0 Å². The summed E-state index contributed by atoms with van der Waals surface area (Å²) in [5, 5.41) is 0.922. The zero-order valence-electron chi connectivity index (χ0n) is 9.36. The first-order valence-electron chi connectivity index (χ1n) is 5.43. The number of hydrogen-bond acceptors (Lipinski definition) is 4. The molecule has 1 aromatic heterocycles. The van der Waals surface area contributed by atoms with Gasteiger partial charge in [0.15, 0.2) is 0 Å². The normalized spacial score (nSPS) is 22.9. The summed E-state index contributed by atoms with van der Waals surface area (Å²) in [5.74, 6) is 0. The molecule has 4 heteroatoms. The highest BCUT2D eigenvalue weighted by Crippen LogP contribution is 2.24. The van der Waals surface area contributed by atoms with Crippen LogP contribution in [0.4, 0.5) is 0 Å². The average molecular weight is 228 g/mol. The van der Waals surface area contributed by atoms with Crippen LogP contribution in [0.5, 0.6) is 0 Å². The van der Waals surface area contributed by atoms with E-state index >= 15 is 0 Å². The molecule has 1 unspecified atom stereocenters. The van der Waals surface area contributed by atoms with E-state index in [0.717, 1.165) is 5.39 Å². The predicted octanol–water partition coefficient (Wildman–Crippen LogP) is 1.63. The third-order valence-electron chi connectivity index (χ3n) is 3.03. The molecule has 0 amide bonds. The highest BCUT2D eigenvalue weighted by molar-refractivity contribution is 5.77. The molecule has 1 atom stereocenters. The van der Waals surface area contributed by atoms with Crippen molar-refractivity contribution in [3.05, 3.63) is 58.6 Å². The van der Waals surface area contributed by atoms with Gasteiger partial charge in [-0.1, -0.05) is 18.2 Å². The van der Waals surface area contributed by atoms with Crippen LogP contribution >= 0.6 is 0 Å². The van der Waals surface area contributed by atoms with Gasteiger partial charge in [-0.15, -0.1) is 0 Å². The van der Waals surface area contributed by atoms with Crippen LogP contribution in [-0.4, -0.2) is 0 Å². The van der Waals surface area contributed by atoms with Gasteiger partial charge in [0.1, 0.15) is 5.58 Å². The summed E-state index contributed by atoms with van der Waals surface area (Å²) in [5.41, 5.74) is 6.28. The van der Waals surface area contributed by atoms with Gasteiger partial charge in [0.2, 0.25) is 0 Å². The average Bonchev–Trinajstić information content (AvgIpc) is 2.76. The maximum atomic E-state index is 12.0. The Bertz CT molecular complexity index is 660. The van der Waals surface area contributed by atoms with E-state index < -0.39 is 5.54 Å². The largest absolute Gasteiger partial charge is 0.422 e. The second-order valence-electron chi connectivity index (χ2n) is 4.29. The van der Waals surface area contributed by atoms with Crippen molar-refractivity contribution in [2.24, 2.45) is 0 Å². The minimum atomic E-state index is -0.523. The van der Waals surface area contributed by atoms with E-state index in [0.29, 0.717) is 11.1 Å². The molecule has 0 fully saturated rings. The Morgan fingerprint density at radius 1 is 1.29 bits per heavy atom. The van der Waals surface area contributed by atoms with E-state index in [9.17, 15) is 4.79 Å². The van der Waals surface area contributed by atoms with Crippen LogP contribution in [0, 0.1) is 0 Å². The first-order chi connectivity index (χ1) is 8.19. The Balaban J connectivity index is 2.27. The van der Waals surface area contributed by atoms with Crippen molar-refractivity contribution < 1.29 is 4.42 Å². The first-order valence-corrected chi connectivity index (χ1v) is 5.43. The van der Waals surface area contributed by atoms with Gasteiger partial charge in [-0.25, -0.2) is 10.2 Å². The quantitative estimate of drug-likeness (QED) is 0.728. The van der Waals surface area contributed by atoms with E-state index in [1.165, 1.54) is 0 Å². The van der Waals surface area contributed by atoms with Crippen molar-refractivity contribution >= 4 is 11.0 Å². The second kappa shape index (κ2) is 3.46. The Morgan fingerprint density at radius 2 is 2.12 bits per heavy atom. The lowest BCUT2D eigenvalue weighted by molar-refractivity contribution is 0.428. The van der Waals surface area contributed by atoms with Crippen molar-refractivity contribution in [1.29, 1.82) is 0 Å². The van der Waals surface area contributed by atoms with Gasteiger partial charge in [0, 0.05) is 11.6 Å². The third-order valence-corrected chi connectivity index (χ3v) is 3.03. The molecule has 3 rings (SSSR count). The molecule has 0 bridgehead atoms. The van der Waals surface area contributed by atoms with E-state index in [4.69, 9.17) is 4.42 Å². The number of rotatable bonds is 1. The smallest absolute Gasteiger partial charge is 0.341 e. The summed E-state index contributed by atoms with van der Waals surface area (Å²) >= 11 is 0. The molecule has 4 nitrogen and oxygen atoms in total. The Hall–Kier alpha value is -2.07. The second-order valence-corrected chi connectivity index (χ2v) is 4.29. The van der Waals surface area contributed by atoms with Gasteiger partial charge in [-0.2, -0.15) is 0 Å². The third kappa shape index (κ3) is 1.54. The molecule has 0 spiro atoms. The van der Waals surface area contributed by atoms with Gasteiger partial charge in [-0.05, 0) is 25.1 Å². The molecule has 1 aromatic carbocycles. The zero-order chi connectivity index (χ0) is 11.9. The Morgan fingerprint density at radius 3 is 2.88 bits per heavy atom. The van der Waals surface area contributed by atoms with Crippen LogP contribution in [0.15, 0.2) is 51.8 Å². The lowest BCUT2D eigenvalue weighted by Gasteiger charge is -2.21. The molecule has 1 aliphatic heterocycles. The molecule has 0 aliphatic carbocycles. The predicted molar refractivity (Wildman–Crippen MR) is 65.2 cm³/mol. The fourth-order valence-electron chi connectivity index (χ4n) is 2.02. The number of fused-ring (bicyclic) bond motifs is 1. The summed E-state index contributed by atoms with van der Waals surface area (Å²) in [6, 6.07) is 9.36. The van der Waals surface area contributed by atoms with Gasteiger partial charge in [0.05, 0.1) is 11.1 Å².